The molecule has 3 aromatic rings. The van der Waals surface area contributed by atoms with E-state index in [9.17, 15) is 0 Å². The van der Waals surface area contributed by atoms with Crippen LogP contribution in [0.1, 0.15) is 24.4 Å². The van der Waals surface area contributed by atoms with Crippen LogP contribution in [-0.2, 0) is 7.05 Å². The SMILES string of the molecule is COc1ccccc1C(CNc1ncnc2c1cnn2C)N1CCCC1. The lowest BCUT2D eigenvalue weighted by Gasteiger charge is -2.29. The highest BCUT2D eigenvalue weighted by Crippen LogP contribution is 2.32. The van der Waals surface area contributed by atoms with E-state index in [0.717, 1.165) is 42.2 Å². The number of fused-ring (bicyclic) bond motifs is 1. The number of rotatable bonds is 6. The second kappa shape index (κ2) is 7.29. The molecular formula is C19H24N6O. The van der Waals surface area contributed by atoms with Crippen molar-refractivity contribution in [1.82, 2.24) is 24.6 Å². The van der Waals surface area contributed by atoms with E-state index in [2.05, 4.69) is 37.4 Å². The molecule has 1 aromatic carbocycles. The van der Waals surface area contributed by atoms with Crippen LogP contribution in [0.2, 0.25) is 0 Å². The number of aromatic nitrogens is 4. The number of hydrogen-bond acceptors (Lipinski definition) is 6. The molecule has 1 fully saturated rings. The third kappa shape index (κ3) is 3.10. The number of hydrogen-bond donors (Lipinski definition) is 1. The first-order chi connectivity index (χ1) is 12.8. The minimum atomic E-state index is 0.232. The topological polar surface area (TPSA) is 68.1 Å². The van der Waals surface area contributed by atoms with Crippen LogP contribution in [0.3, 0.4) is 0 Å². The number of para-hydroxylation sites is 1. The second-order valence-electron chi connectivity index (χ2n) is 6.61. The number of methoxy groups -OCH3 is 1. The van der Waals surface area contributed by atoms with Crippen LogP contribution in [0.5, 0.6) is 5.75 Å². The lowest BCUT2D eigenvalue weighted by Crippen LogP contribution is -2.31. The van der Waals surface area contributed by atoms with Crippen LogP contribution in [0.15, 0.2) is 36.8 Å². The van der Waals surface area contributed by atoms with Gasteiger partial charge in [0.15, 0.2) is 5.65 Å². The molecule has 4 rings (SSSR count). The molecule has 2 aromatic heterocycles. The predicted molar refractivity (Wildman–Crippen MR) is 101 cm³/mol. The minimum absolute atomic E-state index is 0.232. The lowest BCUT2D eigenvalue weighted by molar-refractivity contribution is 0.249. The van der Waals surface area contributed by atoms with Crippen molar-refractivity contribution in [3.63, 3.8) is 0 Å². The summed E-state index contributed by atoms with van der Waals surface area (Å²) in [6.45, 7) is 2.97. The quantitative estimate of drug-likeness (QED) is 0.735. The zero-order chi connectivity index (χ0) is 17.9. The van der Waals surface area contributed by atoms with E-state index >= 15 is 0 Å². The van der Waals surface area contributed by atoms with E-state index in [4.69, 9.17) is 4.74 Å². The van der Waals surface area contributed by atoms with Gasteiger partial charge in [-0.1, -0.05) is 18.2 Å². The van der Waals surface area contributed by atoms with Crippen molar-refractivity contribution in [1.29, 1.82) is 0 Å². The van der Waals surface area contributed by atoms with Gasteiger partial charge in [0.05, 0.1) is 24.7 Å². The summed E-state index contributed by atoms with van der Waals surface area (Å²) in [6, 6.07) is 8.51. The third-order valence-corrected chi connectivity index (χ3v) is 5.07. The van der Waals surface area contributed by atoms with E-state index in [0.29, 0.717) is 0 Å². The molecule has 0 saturated carbocycles. The van der Waals surface area contributed by atoms with E-state index in [1.165, 1.54) is 18.4 Å². The minimum Gasteiger partial charge on any atom is -0.496 e. The Balaban J connectivity index is 1.62. The second-order valence-corrected chi connectivity index (χ2v) is 6.61. The highest BCUT2D eigenvalue weighted by molar-refractivity contribution is 5.85. The van der Waals surface area contributed by atoms with Gasteiger partial charge in [-0.15, -0.1) is 0 Å². The highest BCUT2D eigenvalue weighted by atomic mass is 16.5. The summed E-state index contributed by atoms with van der Waals surface area (Å²) < 4.78 is 7.38. The van der Waals surface area contributed by atoms with Crippen LogP contribution in [0.4, 0.5) is 5.82 Å². The van der Waals surface area contributed by atoms with Crippen molar-refractivity contribution in [2.45, 2.75) is 18.9 Å². The standard InChI is InChI=1S/C19H24N6O/c1-24-19-15(11-23-24)18(21-13-22-19)20-12-16(25-9-5-6-10-25)14-7-3-4-8-17(14)26-2/h3-4,7-8,11,13,16H,5-6,9-10,12H2,1-2H3,(H,20,21,22). The van der Waals surface area contributed by atoms with Crippen LogP contribution in [-0.4, -0.2) is 51.4 Å². The number of nitrogens with one attached hydrogen (secondary N) is 1. The van der Waals surface area contributed by atoms with Gasteiger partial charge in [-0.3, -0.25) is 9.58 Å². The number of nitrogens with zero attached hydrogens (tertiary/aromatic N) is 5. The third-order valence-electron chi connectivity index (χ3n) is 5.07. The molecule has 0 amide bonds. The van der Waals surface area contributed by atoms with Crippen molar-refractivity contribution in [2.75, 3.05) is 32.1 Å². The number of anilines is 1. The molecule has 1 unspecified atom stereocenters. The zero-order valence-electron chi connectivity index (χ0n) is 15.2. The molecular weight excluding hydrogens is 328 g/mol. The fourth-order valence-electron chi connectivity index (χ4n) is 3.73. The van der Waals surface area contributed by atoms with Gasteiger partial charge in [0.1, 0.15) is 17.9 Å². The average Bonchev–Trinajstić information content (AvgIpc) is 3.33. The van der Waals surface area contributed by atoms with Gasteiger partial charge < -0.3 is 10.1 Å². The molecule has 1 saturated heterocycles. The van der Waals surface area contributed by atoms with E-state index < -0.39 is 0 Å². The molecule has 136 valence electrons. The fourth-order valence-corrected chi connectivity index (χ4v) is 3.73. The molecule has 0 spiro atoms. The predicted octanol–water partition coefficient (Wildman–Crippen LogP) is 2.62. The molecule has 7 heteroatoms. The molecule has 1 N–H and O–H groups in total. The smallest absolute Gasteiger partial charge is 0.163 e. The van der Waals surface area contributed by atoms with Gasteiger partial charge >= 0.3 is 0 Å². The van der Waals surface area contributed by atoms with Gasteiger partial charge in [0.25, 0.3) is 0 Å². The Morgan fingerprint density at radius 2 is 2.00 bits per heavy atom. The van der Waals surface area contributed by atoms with Crippen molar-refractivity contribution < 1.29 is 4.74 Å². The first-order valence-corrected chi connectivity index (χ1v) is 9.01. The summed E-state index contributed by atoms with van der Waals surface area (Å²) in [5, 5.41) is 8.76. The van der Waals surface area contributed by atoms with Crippen molar-refractivity contribution in [2.24, 2.45) is 7.05 Å². The summed E-state index contributed by atoms with van der Waals surface area (Å²) in [6.07, 6.45) is 5.88. The van der Waals surface area contributed by atoms with Crippen LogP contribution in [0, 0.1) is 0 Å². The number of aryl methyl sites for hydroxylation is 1. The summed E-state index contributed by atoms with van der Waals surface area (Å²) in [5.74, 6) is 1.75. The van der Waals surface area contributed by atoms with Crippen LogP contribution >= 0.6 is 0 Å². The monoisotopic (exact) mass is 352 g/mol. The van der Waals surface area contributed by atoms with Gasteiger partial charge in [-0.05, 0) is 32.0 Å². The highest BCUT2D eigenvalue weighted by Gasteiger charge is 2.26. The van der Waals surface area contributed by atoms with Crippen LogP contribution in [0.25, 0.3) is 11.0 Å². The van der Waals surface area contributed by atoms with Crippen molar-refractivity contribution in [3.05, 3.63) is 42.4 Å². The molecule has 1 atom stereocenters. The summed E-state index contributed by atoms with van der Waals surface area (Å²) in [4.78, 5) is 11.3. The first-order valence-electron chi connectivity index (χ1n) is 9.01. The maximum Gasteiger partial charge on any atom is 0.163 e. The van der Waals surface area contributed by atoms with Crippen LogP contribution < -0.4 is 10.1 Å². The molecule has 0 aliphatic carbocycles. The van der Waals surface area contributed by atoms with Crippen molar-refractivity contribution in [3.8, 4) is 5.75 Å². The molecule has 3 heterocycles. The Bertz CT molecular complexity index is 887. The summed E-state index contributed by atoms with van der Waals surface area (Å²) in [7, 11) is 3.62. The maximum absolute atomic E-state index is 5.62. The van der Waals surface area contributed by atoms with Crippen molar-refractivity contribution >= 4 is 16.9 Å². The summed E-state index contributed by atoms with van der Waals surface area (Å²) >= 11 is 0. The van der Waals surface area contributed by atoms with Gasteiger partial charge in [-0.25, -0.2) is 9.97 Å². The molecule has 1 aliphatic heterocycles. The summed E-state index contributed by atoms with van der Waals surface area (Å²) in [5.41, 5.74) is 2.04. The van der Waals surface area contributed by atoms with E-state index in [1.807, 2.05) is 25.4 Å². The number of ether oxygens (including phenoxy) is 1. The molecule has 1 aliphatic rings. The van der Waals surface area contributed by atoms with Gasteiger partial charge in [0.2, 0.25) is 0 Å². The fraction of sp³-hybridized carbons (Fsp3) is 0.421. The molecule has 0 bridgehead atoms. The van der Waals surface area contributed by atoms with Gasteiger partial charge in [-0.2, -0.15) is 5.10 Å². The largest absolute Gasteiger partial charge is 0.496 e. The zero-order valence-corrected chi connectivity index (χ0v) is 15.2. The normalized spacial score (nSPS) is 16.1. The van der Waals surface area contributed by atoms with Gasteiger partial charge in [0, 0.05) is 19.2 Å². The average molecular weight is 352 g/mol. The lowest BCUT2D eigenvalue weighted by atomic mass is 10.0. The van der Waals surface area contributed by atoms with E-state index in [1.54, 1.807) is 18.1 Å². The number of benzene rings is 1. The Morgan fingerprint density at radius 3 is 2.81 bits per heavy atom. The molecule has 26 heavy (non-hydrogen) atoms. The first kappa shape index (κ1) is 16.8. The number of likely N-dealkylation sites (tertiary alicyclic amines) is 1. The molecule has 0 radical (unpaired) electrons. The molecule has 7 nitrogen and oxygen atoms in total. The Kier molecular flexibility index (Phi) is 4.71. The maximum atomic E-state index is 5.62. The Morgan fingerprint density at radius 1 is 1.19 bits per heavy atom. The van der Waals surface area contributed by atoms with E-state index in [-0.39, 0.29) is 6.04 Å². The Labute approximate surface area is 153 Å². The Hall–Kier alpha value is -2.67.